The van der Waals surface area contributed by atoms with E-state index < -0.39 is 28.5 Å². The Morgan fingerprint density at radius 1 is 0.824 bits per heavy atom. The molecule has 0 aliphatic rings. The van der Waals surface area contributed by atoms with E-state index in [9.17, 15) is 18.0 Å². The summed E-state index contributed by atoms with van der Waals surface area (Å²) >= 11 is 0. The number of hydrogen-bond acceptors (Lipinski definition) is 5. The highest BCUT2D eigenvalue weighted by Crippen LogP contribution is 2.23. The number of nitrogens with zero attached hydrogens (tertiary/aromatic N) is 1. The third-order valence-corrected chi connectivity index (χ3v) is 7.00. The van der Waals surface area contributed by atoms with Crippen molar-refractivity contribution >= 4 is 44.0 Å². The highest BCUT2D eigenvalue weighted by molar-refractivity contribution is 7.92. The van der Waals surface area contributed by atoms with Crippen molar-refractivity contribution in [1.82, 2.24) is 0 Å². The fourth-order valence-electron chi connectivity index (χ4n) is 3.40. The number of carbonyl (C=O) groups is 2. The van der Waals surface area contributed by atoms with Crippen molar-refractivity contribution in [2.45, 2.75) is 4.90 Å². The molecule has 4 rings (SSSR count). The van der Waals surface area contributed by atoms with Crippen LogP contribution in [-0.4, -0.2) is 33.9 Å². The van der Waals surface area contributed by atoms with Gasteiger partial charge in [-0.15, -0.1) is 0 Å². The molecule has 0 fully saturated rings. The summed E-state index contributed by atoms with van der Waals surface area (Å²) in [6.45, 7) is -0.507. The van der Waals surface area contributed by atoms with Crippen LogP contribution in [0.15, 0.2) is 102 Å². The molecule has 8 heteroatoms. The molecule has 0 aliphatic heterocycles. The molecule has 1 N–H and O–H groups in total. The van der Waals surface area contributed by atoms with Crippen LogP contribution in [0.5, 0.6) is 0 Å². The van der Waals surface area contributed by atoms with Gasteiger partial charge in [-0.3, -0.25) is 9.10 Å². The molecule has 7 nitrogen and oxygen atoms in total. The number of carbonyl (C=O) groups excluding carboxylic acids is 2. The minimum atomic E-state index is -3.89. The van der Waals surface area contributed by atoms with Gasteiger partial charge in [0, 0.05) is 12.7 Å². The average molecular weight is 475 g/mol. The first-order chi connectivity index (χ1) is 16.3. The van der Waals surface area contributed by atoms with E-state index in [2.05, 4.69) is 5.32 Å². The zero-order valence-electron chi connectivity index (χ0n) is 18.3. The lowest BCUT2D eigenvalue weighted by molar-refractivity contribution is -0.119. The van der Waals surface area contributed by atoms with Gasteiger partial charge in [0.1, 0.15) is 0 Å². The maximum absolute atomic E-state index is 13.0. The maximum atomic E-state index is 13.0. The number of benzene rings is 4. The van der Waals surface area contributed by atoms with Gasteiger partial charge in [-0.1, -0.05) is 54.6 Å². The molecule has 0 bridgehead atoms. The highest BCUT2D eigenvalue weighted by atomic mass is 32.2. The molecule has 0 atom stereocenters. The summed E-state index contributed by atoms with van der Waals surface area (Å²) in [6.07, 6.45) is 0. The normalized spacial score (nSPS) is 11.1. The van der Waals surface area contributed by atoms with Gasteiger partial charge < -0.3 is 10.1 Å². The SMILES string of the molecule is CN(c1ccccc1)S(=O)(=O)c1cccc(C(=O)OCC(=O)Nc2ccc3ccccc3c2)c1. The number of rotatable bonds is 7. The van der Waals surface area contributed by atoms with Crippen LogP contribution in [0.2, 0.25) is 0 Å². The van der Waals surface area contributed by atoms with E-state index in [0.717, 1.165) is 15.1 Å². The molecule has 0 heterocycles. The monoisotopic (exact) mass is 474 g/mol. The smallest absolute Gasteiger partial charge is 0.338 e. The summed E-state index contributed by atoms with van der Waals surface area (Å²) in [4.78, 5) is 24.7. The molecule has 0 saturated heterocycles. The van der Waals surface area contributed by atoms with E-state index in [1.807, 2.05) is 36.4 Å². The molecule has 34 heavy (non-hydrogen) atoms. The molecular formula is C26H22N2O5S. The molecule has 0 radical (unpaired) electrons. The first-order valence-corrected chi connectivity index (χ1v) is 11.9. The quantitative estimate of drug-likeness (QED) is 0.399. The molecule has 0 aliphatic carbocycles. The molecule has 0 spiro atoms. The van der Waals surface area contributed by atoms with E-state index in [4.69, 9.17) is 4.74 Å². The molecule has 4 aromatic carbocycles. The average Bonchev–Trinajstić information content (AvgIpc) is 2.87. The second kappa shape index (κ2) is 9.76. The number of esters is 1. The zero-order chi connectivity index (χ0) is 24.1. The van der Waals surface area contributed by atoms with E-state index in [0.29, 0.717) is 11.4 Å². The standard InChI is InChI=1S/C26H22N2O5S/c1-28(23-11-3-2-4-12-23)34(31,32)24-13-7-10-21(17-24)26(30)33-18-25(29)27-22-15-14-19-8-5-6-9-20(19)16-22/h2-17H,18H2,1H3,(H,27,29). The van der Waals surface area contributed by atoms with E-state index in [-0.39, 0.29) is 10.5 Å². The predicted molar refractivity (Wildman–Crippen MR) is 131 cm³/mol. The first kappa shape index (κ1) is 23.0. The third kappa shape index (κ3) is 5.07. The fraction of sp³-hybridized carbons (Fsp3) is 0.0769. The number of nitrogens with one attached hydrogen (secondary N) is 1. The van der Waals surface area contributed by atoms with Gasteiger partial charge >= 0.3 is 5.97 Å². The van der Waals surface area contributed by atoms with Crippen molar-refractivity contribution in [3.63, 3.8) is 0 Å². The lowest BCUT2D eigenvalue weighted by Gasteiger charge is -2.19. The first-order valence-electron chi connectivity index (χ1n) is 10.4. The van der Waals surface area contributed by atoms with Crippen LogP contribution in [0.25, 0.3) is 10.8 Å². The molecule has 0 saturated carbocycles. The van der Waals surface area contributed by atoms with E-state index in [1.165, 1.54) is 31.3 Å². The number of sulfonamides is 1. The van der Waals surface area contributed by atoms with E-state index in [1.54, 1.807) is 36.4 Å². The summed E-state index contributed by atoms with van der Waals surface area (Å²) in [5, 5.41) is 4.70. The number of fused-ring (bicyclic) bond motifs is 1. The van der Waals surface area contributed by atoms with Crippen LogP contribution in [0.3, 0.4) is 0 Å². The van der Waals surface area contributed by atoms with Gasteiger partial charge in [0.25, 0.3) is 15.9 Å². The Hall–Kier alpha value is -4.17. The number of anilines is 2. The molecular weight excluding hydrogens is 452 g/mol. The fourth-order valence-corrected chi connectivity index (χ4v) is 4.64. The van der Waals surface area contributed by atoms with Crippen molar-refractivity contribution in [1.29, 1.82) is 0 Å². The van der Waals surface area contributed by atoms with Crippen LogP contribution in [-0.2, 0) is 19.6 Å². The summed E-state index contributed by atoms with van der Waals surface area (Å²) in [7, 11) is -2.45. The Morgan fingerprint density at radius 2 is 1.53 bits per heavy atom. The molecule has 0 aromatic heterocycles. The Bertz CT molecular complexity index is 1450. The zero-order valence-corrected chi connectivity index (χ0v) is 19.2. The third-order valence-electron chi connectivity index (χ3n) is 5.22. The number of hydrogen-bond donors (Lipinski definition) is 1. The predicted octanol–water partition coefficient (Wildman–Crippen LogP) is 4.46. The summed E-state index contributed by atoms with van der Waals surface area (Å²) < 4.78 is 32.2. The lowest BCUT2D eigenvalue weighted by atomic mass is 10.1. The Labute approximate surface area is 197 Å². The van der Waals surface area contributed by atoms with Crippen LogP contribution in [0, 0.1) is 0 Å². The van der Waals surface area contributed by atoms with Crippen LogP contribution in [0.4, 0.5) is 11.4 Å². The van der Waals surface area contributed by atoms with Crippen molar-refractivity contribution in [2.75, 3.05) is 23.3 Å². The number of ether oxygens (including phenoxy) is 1. The van der Waals surface area contributed by atoms with Crippen LogP contribution in [0.1, 0.15) is 10.4 Å². The van der Waals surface area contributed by atoms with E-state index >= 15 is 0 Å². The Morgan fingerprint density at radius 3 is 2.29 bits per heavy atom. The number of para-hydroxylation sites is 1. The second-order valence-corrected chi connectivity index (χ2v) is 9.49. The van der Waals surface area contributed by atoms with Crippen molar-refractivity contribution in [2.24, 2.45) is 0 Å². The largest absolute Gasteiger partial charge is 0.452 e. The van der Waals surface area contributed by atoms with Gasteiger partial charge in [-0.2, -0.15) is 0 Å². The van der Waals surface area contributed by atoms with Crippen LogP contribution < -0.4 is 9.62 Å². The molecule has 1 amide bonds. The van der Waals surface area contributed by atoms with Gasteiger partial charge in [0.15, 0.2) is 6.61 Å². The van der Waals surface area contributed by atoms with Gasteiger partial charge in [0.2, 0.25) is 0 Å². The summed E-state index contributed by atoms with van der Waals surface area (Å²) in [5.74, 6) is -1.30. The van der Waals surface area contributed by atoms with Crippen molar-refractivity contribution in [3.05, 3.63) is 103 Å². The minimum absolute atomic E-state index is 0.0287. The summed E-state index contributed by atoms with van der Waals surface area (Å²) in [6, 6.07) is 27.3. The maximum Gasteiger partial charge on any atom is 0.338 e. The van der Waals surface area contributed by atoms with Crippen LogP contribution >= 0.6 is 0 Å². The Balaban J connectivity index is 1.41. The van der Waals surface area contributed by atoms with Gasteiger partial charge in [-0.05, 0) is 53.2 Å². The molecule has 0 unspecified atom stereocenters. The van der Waals surface area contributed by atoms with Gasteiger partial charge in [0.05, 0.1) is 16.1 Å². The van der Waals surface area contributed by atoms with Crippen molar-refractivity contribution < 1.29 is 22.7 Å². The van der Waals surface area contributed by atoms with Gasteiger partial charge in [-0.25, -0.2) is 13.2 Å². The minimum Gasteiger partial charge on any atom is -0.452 e. The molecule has 172 valence electrons. The molecule has 4 aromatic rings. The highest BCUT2D eigenvalue weighted by Gasteiger charge is 2.23. The summed E-state index contributed by atoms with van der Waals surface area (Å²) in [5.41, 5.74) is 1.10. The number of amides is 1. The lowest BCUT2D eigenvalue weighted by Crippen LogP contribution is -2.26. The topological polar surface area (TPSA) is 92.8 Å². The Kier molecular flexibility index (Phi) is 6.60. The second-order valence-electron chi connectivity index (χ2n) is 7.52. The van der Waals surface area contributed by atoms with Crippen molar-refractivity contribution in [3.8, 4) is 0 Å².